The Hall–Kier alpha value is -1.59. The van der Waals surface area contributed by atoms with Crippen LogP contribution in [0.25, 0.3) is 0 Å². The van der Waals surface area contributed by atoms with Gasteiger partial charge in [-0.25, -0.2) is 4.79 Å². The fraction of sp³-hybridized carbons (Fsp3) is 0.533. The molecule has 2 atom stereocenters. The van der Waals surface area contributed by atoms with Gasteiger partial charge in [-0.2, -0.15) is 0 Å². The fourth-order valence-corrected chi connectivity index (χ4v) is 2.54. The summed E-state index contributed by atoms with van der Waals surface area (Å²) in [6.07, 6.45) is 0.111. The average Bonchev–Trinajstić information content (AvgIpc) is 2.48. The molecule has 20 heavy (non-hydrogen) atoms. The van der Waals surface area contributed by atoms with Crippen molar-refractivity contribution in [1.29, 1.82) is 0 Å². The van der Waals surface area contributed by atoms with Gasteiger partial charge in [0.15, 0.2) is 6.10 Å². The third-order valence-corrected chi connectivity index (χ3v) is 3.70. The van der Waals surface area contributed by atoms with Crippen molar-refractivity contribution in [2.45, 2.75) is 25.5 Å². The van der Waals surface area contributed by atoms with Gasteiger partial charge in [-0.15, -0.1) is 0 Å². The van der Waals surface area contributed by atoms with Crippen LogP contribution in [0.1, 0.15) is 12.5 Å². The van der Waals surface area contributed by atoms with Crippen molar-refractivity contribution in [3.05, 3.63) is 29.8 Å². The highest BCUT2D eigenvalue weighted by molar-refractivity contribution is 5.72. The summed E-state index contributed by atoms with van der Waals surface area (Å²) in [6.45, 7) is 3.77. The first-order chi connectivity index (χ1) is 9.61. The molecule has 2 rings (SSSR count). The summed E-state index contributed by atoms with van der Waals surface area (Å²) in [5.74, 6) is -0.0124. The highest BCUT2D eigenvalue weighted by Gasteiger charge is 2.28. The molecule has 2 unspecified atom stereocenters. The third-order valence-electron chi connectivity index (χ3n) is 3.70. The zero-order chi connectivity index (χ0) is 14.5. The maximum Gasteiger partial charge on any atom is 0.334 e. The Labute approximate surface area is 119 Å². The van der Waals surface area contributed by atoms with E-state index in [4.69, 9.17) is 14.6 Å². The first-order valence-electron chi connectivity index (χ1n) is 6.82. The summed E-state index contributed by atoms with van der Waals surface area (Å²) in [7, 11) is 1.67. The topological polar surface area (TPSA) is 59.0 Å². The smallest absolute Gasteiger partial charge is 0.334 e. The van der Waals surface area contributed by atoms with Crippen LogP contribution in [0.5, 0.6) is 5.75 Å². The third kappa shape index (κ3) is 3.49. The van der Waals surface area contributed by atoms with E-state index in [1.54, 1.807) is 7.11 Å². The monoisotopic (exact) mass is 279 g/mol. The van der Waals surface area contributed by atoms with E-state index in [1.807, 2.05) is 24.3 Å². The molecule has 5 nitrogen and oxygen atoms in total. The van der Waals surface area contributed by atoms with Crippen LogP contribution in [-0.2, 0) is 16.0 Å². The highest BCUT2D eigenvalue weighted by Crippen LogP contribution is 2.21. The van der Waals surface area contributed by atoms with Crippen molar-refractivity contribution in [2.75, 3.05) is 26.8 Å². The van der Waals surface area contributed by atoms with Gasteiger partial charge >= 0.3 is 5.97 Å². The Kier molecular flexibility index (Phi) is 4.98. The van der Waals surface area contributed by atoms with Crippen molar-refractivity contribution in [3.8, 4) is 5.75 Å². The first-order valence-corrected chi connectivity index (χ1v) is 6.82. The molecular formula is C15H21NO4. The van der Waals surface area contributed by atoms with Crippen LogP contribution in [0.15, 0.2) is 24.3 Å². The van der Waals surface area contributed by atoms with E-state index in [-0.39, 0.29) is 6.04 Å². The largest absolute Gasteiger partial charge is 0.496 e. The zero-order valence-electron chi connectivity index (χ0n) is 11.9. The predicted octanol–water partition coefficient (Wildman–Crippen LogP) is 1.41. The van der Waals surface area contributed by atoms with E-state index in [1.165, 1.54) is 0 Å². The van der Waals surface area contributed by atoms with Crippen LogP contribution in [0.2, 0.25) is 0 Å². The molecule has 1 aliphatic heterocycles. The number of carbonyl (C=O) groups is 1. The van der Waals surface area contributed by atoms with Crippen LogP contribution in [0.3, 0.4) is 0 Å². The Morgan fingerprint density at radius 1 is 1.55 bits per heavy atom. The number of morpholine rings is 1. The first kappa shape index (κ1) is 14.8. The minimum absolute atomic E-state index is 0.247. The number of hydrogen-bond acceptors (Lipinski definition) is 4. The summed E-state index contributed by atoms with van der Waals surface area (Å²) in [4.78, 5) is 13.2. The van der Waals surface area contributed by atoms with Crippen molar-refractivity contribution < 1.29 is 19.4 Å². The van der Waals surface area contributed by atoms with Crippen LogP contribution in [0.4, 0.5) is 0 Å². The van der Waals surface area contributed by atoms with Crippen LogP contribution in [0, 0.1) is 0 Å². The molecule has 0 aliphatic carbocycles. The van der Waals surface area contributed by atoms with E-state index in [9.17, 15) is 4.79 Å². The van der Waals surface area contributed by atoms with E-state index in [0.717, 1.165) is 24.3 Å². The van der Waals surface area contributed by atoms with Gasteiger partial charge in [-0.05, 0) is 25.0 Å². The quantitative estimate of drug-likeness (QED) is 0.883. The van der Waals surface area contributed by atoms with E-state index in [2.05, 4.69) is 11.8 Å². The van der Waals surface area contributed by atoms with Crippen LogP contribution < -0.4 is 4.74 Å². The van der Waals surface area contributed by atoms with Crippen molar-refractivity contribution in [2.24, 2.45) is 0 Å². The van der Waals surface area contributed by atoms with Gasteiger partial charge in [0.25, 0.3) is 0 Å². The molecule has 0 radical (unpaired) electrons. The molecular weight excluding hydrogens is 258 g/mol. The second-order valence-electron chi connectivity index (χ2n) is 5.06. The lowest BCUT2D eigenvalue weighted by molar-refractivity contribution is -0.156. The van der Waals surface area contributed by atoms with Crippen LogP contribution >= 0.6 is 0 Å². The number of ether oxygens (including phenoxy) is 2. The van der Waals surface area contributed by atoms with Gasteiger partial charge < -0.3 is 14.6 Å². The van der Waals surface area contributed by atoms with E-state index < -0.39 is 12.1 Å². The highest BCUT2D eigenvalue weighted by atomic mass is 16.5. The molecule has 1 saturated heterocycles. The normalized spacial score (nSPS) is 21.4. The molecule has 0 saturated carbocycles. The lowest BCUT2D eigenvalue weighted by Gasteiger charge is -2.35. The maximum absolute atomic E-state index is 11.0. The lowest BCUT2D eigenvalue weighted by atomic mass is 10.0. The van der Waals surface area contributed by atoms with E-state index in [0.29, 0.717) is 13.2 Å². The summed E-state index contributed by atoms with van der Waals surface area (Å²) < 4.78 is 10.6. The molecule has 1 aromatic rings. The SMILES string of the molecule is COc1ccccc1CC(C)N1CCOC(C(=O)O)C1. The number of hydrogen-bond donors (Lipinski definition) is 1. The second-order valence-corrected chi connectivity index (χ2v) is 5.06. The van der Waals surface area contributed by atoms with Gasteiger partial charge in [0.2, 0.25) is 0 Å². The Morgan fingerprint density at radius 2 is 2.30 bits per heavy atom. The zero-order valence-corrected chi connectivity index (χ0v) is 11.9. The maximum atomic E-state index is 11.0. The molecule has 0 bridgehead atoms. The Morgan fingerprint density at radius 3 is 3.00 bits per heavy atom. The molecule has 1 fully saturated rings. The molecule has 0 spiro atoms. The molecule has 0 aromatic heterocycles. The number of para-hydroxylation sites is 1. The average molecular weight is 279 g/mol. The minimum atomic E-state index is -0.890. The van der Waals surface area contributed by atoms with E-state index >= 15 is 0 Å². The summed E-state index contributed by atoms with van der Waals surface area (Å²) in [5.41, 5.74) is 1.14. The van der Waals surface area contributed by atoms with Crippen LogP contribution in [-0.4, -0.2) is 54.9 Å². The molecule has 110 valence electrons. The minimum Gasteiger partial charge on any atom is -0.496 e. The Bertz CT molecular complexity index is 463. The van der Waals surface area contributed by atoms with Gasteiger partial charge in [-0.3, -0.25) is 4.90 Å². The van der Waals surface area contributed by atoms with Gasteiger partial charge in [0.1, 0.15) is 5.75 Å². The number of benzene rings is 1. The summed E-state index contributed by atoms with van der Waals surface area (Å²) in [6, 6.07) is 8.18. The number of aliphatic carboxylic acids is 1. The number of carboxylic acids is 1. The summed E-state index contributed by atoms with van der Waals surface area (Å²) >= 11 is 0. The number of rotatable bonds is 5. The lowest BCUT2D eigenvalue weighted by Crippen LogP contribution is -2.50. The predicted molar refractivity (Wildman–Crippen MR) is 75.1 cm³/mol. The molecule has 1 aromatic carbocycles. The number of methoxy groups -OCH3 is 1. The van der Waals surface area contributed by atoms with Gasteiger partial charge in [0.05, 0.1) is 13.7 Å². The number of nitrogens with zero attached hydrogens (tertiary/aromatic N) is 1. The molecule has 1 N–H and O–H groups in total. The summed E-state index contributed by atoms with van der Waals surface area (Å²) in [5, 5.41) is 9.04. The number of carboxylic acid groups (broad SMARTS) is 1. The molecule has 0 amide bonds. The fourth-order valence-electron chi connectivity index (χ4n) is 2.54. The van der Waals surface area contributed by atoms with Crippen molar-refractivity contribution >= 4 is 5.97 Å². The second kappa shape index (κ2) is 6.72. The van der Waals surface area contributed by atoms with Crippen molar-refractivity contribution in [1.82, 2.24) is 4.90 Å². The van der Waals surface area contributed by atoms with Crippen molar-refractivity contribution in [3.63, 3.8) is 0 Å². The molecule has 1 aliphatic rings. The standard InChI is InChI=1S/C15H21NO4/c1-11(9-12-5-3-4-6-13(12)19-2)16-7-8-20-14(10-16)15(17)18/h3-6,11,14H,7-10H2,1-2H3,(H,17,18). The Balaban J connectivity index is 2.00. The van der Waals surface area contributed by atoms with Gasteiger partial charge in [-0.1, -0.05) is 18.2 Å². The molecule has 1 heterocycles. The van der Waals surface area contributed by atoms with Gasteiger partial charge in [0, 0.05) is 19.1 Å². The molecule has 5 heteroatoms.